The average Bonchev–Trinajstić information content (AvgIpc) is 3.05. The van der Waals surface area contributed by atoms with Gasteiger partial charge in [-0.1, -0.05) is 12.1 Å². The maximum Gasteiger partial charge on any atom is 0.291 e. The van der Waals surface area contributed by atoms with E-state index in [1.165, 1.54) is 30.7 Å². The number of hydrogen-bond acceptors (Lipinski definition) is 6. The predicted octanol–water partition coefficient (Wildman–Crippen LogP) is 1.63. The highest BCUT2D eigenvalue weighted by Crippen LogP contribution is 2.18. The first-order valence-corrected chi connectivity index (χ1v) is 10.1. The summed E-state index contributed by atoms with van der Waals surface area (Å²) in [4.78, 5) is 20.8. The molecule has 0 aliphatic heterocycles. The molecule has 0 radical (unpaired) electrons. The van der Waals surface area contributed by atoms with Gasteiger partial charge in [-0.3, -0.25) is 4.79 Å². The van der Waals surface area contributed by atoms with Gasteiger partial charge in [-0.15, -0.1) is 5.10 Å². The van der Waals surface area contributed by atoms with Crippen molar-refractivity contribution in [3.63, 3.8) is 0 Å². The van der Waals surface area contributed by atoms with Crippen molar-refractivity contribution < 1.29 is 13.2 Å². The van der Waals surface area contributed by atoms with E-state index in [-0.39, 0.29) is 16.8 Å². The number of nitrogens with one attached hydrogen (secondary N) is 1. The summed E-state index contributed by atoms with van der Waals surface area (Å²) in [5, 5.41) is 6.89. The molecule has 1 amide bonds. The quantitative estimate of drug-likeness (QED) is 0.629. The minimum Gasteiger partial charge on any atom is -0.343 e. The van der Waals surface area contributed by atoms with Crippen molar-refractivity contribution >= 4 is 37.6 Å². The minimum absolute atomic E-state index is 0.000689. The van der Waals surface area contributed by atoms with Gasteiger partial charge in [0.05, 0.1) is 15.4 Å². The normalized spacial score (nSPS) is 13.1. The van der Waals surface area contributed by atoms with Crippen molar-refractivity contribution in [3.05, 3.63) is 52.5 Å². The fourth-order valence-electron chi connectivity index (χ4n) is 2.34. The van der Waals surface area contributed by atoms with E-state index in [2.05, 4.69) is 36.3 Å². The highest BCUT2D eigenvalue weighted by atomic mass is 79.9. The lowest BCUT2D eigenvalue weighted by Crippen LogP contribution is -2.28. The Balaban J connectivity index is 1.76. The molecule has 2 heterocycles. The largest absolute Gasteiger partial charge is 0.343 e. The lowest BCUT2D eigenvalue weighted by molar-refractivity contribution is 0.0929. The Bertz CT molecular complexity index is 1100. The lowest BCUT2D eigenvalue weighted by atomic mass is 10.1. The molecular formula is C16H17BrN6O3S. The minimum atomic E-state index is -3.49. The number of benzene rings is 1. The first kappa shape index (κ1) is 19.4. The summed E-state index contributed by atoms with van der Waals surface area (Å²) >= 11 is 3.28. The van der Waals surface area contributed by atoms with Gasteiger partial charge in [-0.25, -0.2) is 22.2 Å². The molecule has 1 aromatic carbocycles. The summed E-state index contributed by atoms with van der Waals surface area (Å²) in [5.41, 5.74) is 0.755. The van der Waals surface area contributed by atoms with Crippen LogP contribution in [0.15, 0.2) is 46.0 Å². The Morgan fingerprint density at radius 2 is 1.93 bits per heavy atom. The predicted molar refractivity (Wildman–Crippen MR) is 102 cm³/mol. The van der Waals surface area contributed by atoms with Gasteiger partial charge in [-0.05, 0) is 40.5 Å². The molecule has 3 aromatic rings. The van der Waals surface area contributed by atoms with Crippen molar-refractivity contribution in [1.29, 1.82) is 0 Å². The van der Waals surface area contributed by atoms with E-state index in [1.54, 1.807) is 31.5 Å². The number of carbonyl (C=O) groups excluding carboxylic acids is 1. The summed E-state index contributed by atoms with van der Waals surface area (Å²) in [6.07, 6.45) is 3.22. The standard InChI is InChI=1S/C16H17BrN6O3S/c1-10(11-4-6-13(7-5-11)27(25,26)22(2)3)19-15(24)14-20-16-18-8-12(17)9-23(16)21-14/h4-10H,1-3H3,(H,19,24). The zero-order chi connectivity index (χ0) is 19.8. The third-order valence-corrected chi connectivity index (χ3v) is 6.11. The van der Waals surface area contributed by atoms with E-state index in [1.807, 2.05) is 0 Å². The molecule has 0 spiro atoms. The van der Waals surface area contributed by atoms with Crippen LogP contribution in [0.5, 0.6) is 0 Å². The Kier molecular flexibility index (Phi) is 5.27. The second kappa shape index (κ2) is 7.33. The number of fused-ring (bicyclic) bond motifs is 1. The Morgan fingerprint density at radius 1 is 1.26 bits per heavy atom. The van der Waals surface area contributed by atoms with Gasteiger partial charge in [0.25, 0.3) is 11.7 Å². The number of rotatable bonds is 5. The number of nitrogens with zero attached hydrogens (tertiary/aromatic N) is 5. The SMILES string of the molecule is CC(NC(=O)c1nc2ncc(Br)cn2n1)c1ccc(S(=O)(=O)N(C)C)cc1. The van der Waals surface area contributed by atoms with Crippen molar-refractivity contribution in [3.8, 4) is 0 Å². The topological polar surface area (TPSA) is 110 Å². The van der Waals surface area contributed by atoms with Crippen LogP contribution in [0.25, 0.3) is 5.78 Å². The molecule has 142 valence electrons. The molecule has 0 aliphatic rings. The number of hydrogen-bond donors (Lipinski definition) is 1. The number of halogens is 1. The second-order valence-corrected chi connectivity index (χ2v) is 9.07. The van der Waals surface area contributed by atoms with Gasteiger partial charge >= 0.3 is 0 Å². The molecule has 0 bridgehead atoms. The van der Waals surface area contributed by atoms with E-state index in [0.29, 0.717) is 10.3 Å². The molecule has 1 atom stereocenters. The van der Waals surface area contributed by atoms with Gasteiger partial charge in [0.15, 0.2) is 0 Å². The van der Waals surface area contributed by atoms with Gasteiger partial charge in [0, 0.05) is 26.5 Å². The summed E-state index contributed by atoms with van der Waals surface area (Å²) in [6, 6.07) is 5.99. The van der Waals surface area contributed by atoms with Crippen LogP contribution in [-0.4, -0.2) is 52.3 Å². The van der Waals surface area contributed by atoms with Gasteiger partial charge in [-0.2, -0.15) is 4.98 Å². The summed E-state index contributed by atoms with van der Waals surface area (Å²) in [6.45, 7) is 1.79. The fraction of sp³-hybridized carbons (Fsp3) is 0.250. The van der Waals surface area contributed by atoms with Gasteiger partial charge in [0.2, 0.25) is 15.8 Å². The van der Waals surface area contributed by atoms with Crippen LogP contribution in [0.2, 0.25) is 0 Å². The third kappa shape index (κ3) is 3.99. The Labute approximate surface area is 164 Å². The fourth-order valence-corrected chi connectivity index (χ4v) is 3.54. The monoisotopic (exact) mass is 452 g/mol. The van der Waals surface area contributed by atoms with Crippen LogP contribution in [0.3, 0.4) is 0 Å². The molecule has 27 heavy (non-hydrogen) atoms. The number of amides is 1. The number of carbonyl (C=O) groups is 1. The van der Waals surface area contributed by atoms with Crippen molar-refractivity contribution in [1.82, 2.24) is 29.2 Å². The van der Waals surface area contributed by atoms with E-state index in [9.17, 15) is 13.2 Å². The van der Waals surface area contributed by atoms with Crippen LogP contribution in [0, 0.1) is 0 Å². The molecule has 0 fully saturated rings. The van der Waals surface area contributed by atoms with Gasteiger partial charge in [0.1, 0.15) is 0 Å². The van der Waals surface area contributed by atoms with Crippen LogP contribution in [0.1, 0.15) is 29.1 Å². The molecule has 1 N–H and O–H groups in total. The first-order chi connectivity index (χ1) is 12.7. The van der Waals surface area contributed by atoms with E-state index in [0.717, 1.165) is 9.87 Å². The zero-order valence-electron chi connectivity index (χ0n) is 14.8. The van der Waals surface area contributed by atoms with Crippen LogP contribution < -0.4 is 5.32 Å². The van der Waals surface area contributed by atoms with E-state index in [4.69, 9.17) is 0 Å². The number of aromatic nitrogens is 4. The Hall–Kier alpha value is -2.37. The molecule has 1 unspecified atom stereocenters. The lowest BCUT2D eigenvalue weighted by Gasteiger charge is -2.15. The summed E-state index contributed by atoms with van der Waals surface area (Å²) in [7, 11) is -0.544. The zero-order valence-corrected chi connectivity index (χ0v) is 17.2. The molecule has 2 aromatic heterocycles. The smallest absolute Gasteiger partial charge is 0.291 e. The first-order valence-electron chi connectivity index (χ1n) is 7.90. The van der Waals surface area contributed by atoms with E-state index < -0.39 is 15.9 Å². The maximum atomic E-state index is 12.4. The van der Waals surface area contributed by atoms with Gasteiger partial charge < -0.3 is 5.32 Å². The van der Waals surface area contributed by atoms with Crippen LogP contribution in [-0.2, 0) is 10.0 Å². The van der Waals surface area contributed by atoms with Crippen LogP contribution in [0.4, 0.5) is 0 Å². The highest BCUT2D eigenvalue weighted by Gasteiger charge is 2.19. The molecular weight excluding hydrogens is 436 g/mol. The van der Waals surface area contributed by atoms with Crippen molar-refractivity contribution in [2.24, 2.45) is 0 Å². The Morgan fingerprint density at radius 3 is 2.56 bits per heavy atom. The molecule has 0 aliphatic carbocycles. The molecule has 3 rings (SSSR count). The molecule has 0 saturated heterocycles. The molecule has 9 nitrogen and oxygen atoms in total. The third-order valence-electron chi connectivity index (χ3n) is 3.87. The average molecular weight is 453 g/mol. The van der Waals surface area contributed by atoms with E-state index >= 15 is 0 Å². The molecule has 11 heteroatoms. The number of sulfonamides is 1. The van der Waals surface area contributed by atoms with Crippen LogP contribution >= 0.6 is 15.9 Å². The maximum absolute atomic E-state index is 12.4. The summed E-state index contributed by atoms with van der Waals surface area (Å²) in [5.74, 6) is -0.136. The van der Waals surface area contributed by atoms with Crippen molar-refractivity contribution in [2.75, 3.05) is 14.1 Å². The molecule has 0 saturated carbocycles. The summed E-state index contributed by atoms with van der Waals surface area (Å²) < 4.78 is 27.5. The highest BCUT2D eigenvalue weighted by molar-refractivity contribution is 9.10. The second-order valence-electron chi connectivity index (χ2n) is 6.00. The van der Waals surface area contributed by atoms with Crippen molar-refractivity contribution in [2.45, 2.75) is 17.9 Å².